The average molecular weight is 522 g/mol. The maximum absolute atomic E-state index is 14.4. The molecule has 0 aliphatic carbocycles. The standard InChI is InChI=1S/C23H22ClF2N5O5/c1-30(2)22-28-20-19(21(29-22)35-5)27-23(32)31(20)14-9-17(16(34-4)8-12(14)24)36-10-11-15(33-3)7-6-13(25)18(11)26/h6-9H,10H2,1-5H3,(H,27,32). The molecule has 0 atom stereocenters. The molecule has 0 bridgehead atoms. The first-order chi connectivity index (χ1) is 17.2. The van der Waals surface area contributed by atoms with Crippen LogP contribution in [0.1, 0.15) is 5.56 Å². The largest absolute Gasteiger partial charge is 0.496 e. The van der Waals surface area contributed by atoms with Gasteiger partial charge in [-0.3, -0.25) is 4.98 Å². The lowest BCUT2D eigenvalue weighted by molar-refractivity contribution is 0.270. The van der Waals surface area contributed by atoms with E-state index < -0.39 is 23.9 Å². The maximum Gasteiger partial charge on any atom is 0.332 e. The van der Waals surface area contributed by atoms with Gasteiger partial charge in [0.1, 0.15) is 17.9 Å². The lowest BCUT2D eigenvalue weighted by Gasteiger charge is -2.16. The van der Waals surface area contributed by atoms with Gasteiger partial charge in [0.05, 0.1) is 37.6 Å². The number of hydrogen-bond donors (Lipinski definition) is 1. The van der Waals surface area contributed by atoms with Crippen molar-refractivity contribution in [3.63, 3.8) is 0 Å². The van der Waals surface area contributed by atoms with E-state index in [2.05, 4.69) is 15.0 Å². The second-order valence-electron chi connectivity index (χ2n) is 7.68. The van der Waals surface area contributed by atoms with Gasteiger partial charge in [0.2, 0.25) is 11.8 Å². The van der Waals surface area contributed by atoms with Crippen LogP contribution < -0.4 is 29.5 Å². The third-order valence-electron chi connectivity index (χ3n) is 5.30. The fourth-order valence-electron chi connectivity index (χ4n) is 3.54. The molecule has 0 amide bonds. The Kier molecular flexibility index (Phi) is 6.88. The summed E-state index contributed by atoms with van der Waals surface area (Å²) in [5.74, 6) is -1.28. The van der Waals surface area contributed by atoms with Crippen LogP contribution in [-0.2, 0) is 6.61 Å². The van der Waals surface area contributed by atoms with Crippen molar-refractivity contribution < 1.29 is 27.7 Å². The summed E-state index contributed by atoms with van der Waals surface area (Å²) in [4.78, 5) is 26.0. The summed E-state index contributed by atoms with van der Waals surface area (Å²) in [6.07, 6.45) is 0. The quantitative estimate of drug-likeness (QED) is 0.374. The van der Waals surface area contributed by atoms with Gasteiger partial charge in [0.15, 0.2) is 28.8 Å². The zero-order chi connectivity index (χ0) is 26.1. The predicted octanol–water partition coefficient (Wildman–Crippen LogP) is 3.71. The van der Waals surface area contributed by atoms with Crippen LogP contribution in [0, 0.1) is 11.6 Å². The number of H-pyrrole nitrogens is 1. The number of rotatable bonds is 8. The molecule has 4 aromatic rings. The summed E-state index contributed by atoms with van der Waals surface area (Å²) in [6, 6.07) is 5.12. The van der Waals surface area contributed by atoms with E-state index >= 15 is 0 Å². The molecule has 0 fully saturated rings. The zero-order valence-corrected chi connectivity index (χ0v) is 20.7. The molecule has 13 heteroatoms. The molecule has 36 heavy (non-hydrogen) atoms. The lowest BCUT2D eigenvalue weighted by Crippen LogP contribution is -2.17. The van der Waals surface area contributed by atoms with E-state index in [1.807, 2.05) is 0 Å². The Morgan fingerprint density at radius 2 is 1.75 bits per heavy atom. The number of imidazole rings is 1. The summed E-state index contributed by atoms with van der Waals surface area (Å²) >= 11 is 6.51. The van der Waals surface area contributed by atoms with E-state index in [9.17, 15) is 13.6 Å². The minimum atomic E-state index is -1.10. The molecule has 0 saturated carbocycles. The second kappa shape index (κ2) is 9.90. The third kappa shape index (κ3) is 4.35. The van der Waals surface area contributed by atoms with Crippen LogP contribution in [0.3, 0.4) is 0 Å². The number of fused-ring (bicyclic) bond motifs is 1. The first-order valence-corrected chi connectivity index (χ1v) is 10.8. The van der Waals surface area contributed by atoms with Gasteiger partial charge in [-0.1, -0.05) is 11.6 Å². The van der Waals surface area contributed by atoms with Crippen molar-refractivity contribution in [3.8, 4) is 28.8 Å². The van der Waals surface area contributed by atoms with E-state index in [1.165, 1.54) is 44.1 Å². The molecule has 0 radical (unpaired) electrons. The van der Waals surface area contributed by atoms with Crippen LogP contribution in [0.5, 0.6) is 23.1 Å². The van der Waals surface area contributed by atoms with Crippen LogP contribution in [0.25, 0.3) is 16.9 Å². The first kappa shape index (κ1) is 25.0. The number of halogens is 3. The average Bonchev–Trinajstić information content (AvgIpc) is 3.20. The molecule has 4 rings (SSSR count). The van der Waals surface area contributed by atoms with Crippen LogP contribution in [0.15, 0.2) is 29.1 Å². The highest BCUT2D eigenvalue weighted by Crippen LogP contribution is 2.37. The molecule has 1 N–H and O–H groups in total. The van der Waals surface area contributed by atoms with Crippen LogP contribution in [0.2, 0.25) is 5.02 Å². The van der Waals surface area contributed by atoms with Crippen molar-refractivity contribution in [2.75, 3.05) is 40.3 Å². The van der Waals surface area contributed by atoms with Gasteiger partial charge in [-0.2, -0.15) is 9.97 Å². The molecular formula is C23H22ClF2N5O5. The molecule has 2 heterocycles. The highest BCUT2D eigenvalue weighted by atomic mass is 35.5. The summed E-state index contributed by atoms with van der Waals surface area (Å²) in [7, 11) is 7.62. The van der Waals surface area contributed by atoms with Crippen LogP contribution in [-0.4, -0.2) is 54.9 Å². The van der Waals surface area contributed by atoms with E-state index in [0.29, 0.717) is 5.95 Å². The molecule has 2 aromatic heterocycles. The van der Waals surface area contributed by atoms with Gasteiger partial charge in [-0.15, -0.1) is 0 Å². The topological polar surface area (TPSA) is 104 Å². The number of hydrogen-bond acceptors (Lipinski definition) is 8. The molecule has 0 unspecified atom stereocenters. The Morgan fingerprint density at radius 3 is 2.39 bits per heavy atom. The summed E-state index contributed by atoms with van der Waals surface area (Å²) in [5.41, 5.74) is -0.0425. The number of ether oxygens (including phenoxy) is 4. The number of methoxy groups -OCH3 is 3. The predicted molar refractivity (Wildman–Crippen MR) is 129 cm³/mol. The fourth-order valence-corrected chi connectivity index (χ4v) is 3.78. The molecule has 0 aliphatic rings. The molecule has 2 aromatic carbocycles. The van der Waals surface area contributed by atoms with E-state index in [-0.39, 0.29) is 50.6 Å². The van der Waals surface area contributed by atoms with Crippen molar-refractivity contribution in [2.45, 2.75) is 6.61 Å². The first-order valence-electron chi connectivity index (χ1n) is 10.5. The number of benzene rings is 2. The SMILES string of the molecule is COc1cc(Cl)c(-n2c(=O)[nH]c3c(OC)nc(N(C)C)nc32)cc1OCc1c(OC)ccc(F)c1F. The van der Waals surface area contributed by atoms with E-state index in [4.69, 9.17) is 30.5 Å². The highest BCUT2D eigenvalue weighted by molar-refractivity contribution is 6.32. The normalized spacial score (nSPS) is 11.0. The number of nitrogens with one attached hydrogen (secondary N) is 1. The molecule has 10 nitrogen and oxygen atoms in total. The van der Waals surface area contributed by atoms with Gasteiger partial charge in [-0.25, -0.2) is 18.1 Å². The number of aromatic nitrogens is 4. The van der Waals surface area contributed by atoms with Crippen molar-refractivity contribution in [1.29, 1.82) is 0 Å². The smallest absolute Gasteiger partial charge is 0.332 e. The Balaban J connectivity index is 1.85. The molecule has 0 saturated heterocycles. The Labute approximate surface area is 209 Å². The molecule has 0 spiro atoms. The minimum Gasteiger partial charge on any atom is -0.496 e. The number of aromatic amines is 1. The van der Waals surface area contributed by atoms with Crippen LogP contribution in [0.4, 0.5) is 14.7 Å². The van der Waals surface area contributed by atoms with Gasteiger partial charge in [-0.05, 0) is 12.1 Å². The third-order valence-corrected chi connectivity index (χ3v) is 5.61. The van der Waals surface area contributed by atoms with Crippen LogP contribution >= 0.6 is 11.6 Å². The lowest BCUT2D eigenvalue weighted by atomic mass is 10.2. The molecule has 0 aliphatic heterocycles. The molecular weight excluding hydrogens is 500 g/mol. The summed E-state index contributed by atoms with van der Waals surface area (Å²) < 4.78 is 51.1. The monoisotopic (exact) mass is 521 g/mol. The van der Waals surface area contributed by atoms with Gasteiger partial charge in [0.25, 0.3) is 0 Å². The Hall–Kier alpha value is -4.06. The minimum absolute atomic E-state index is 0.106. The maximum atomic E-state index is 14.4. The van der Waals surface area contributed by atoms with Crippen molar-refractivity contribution in [1.82, 2.24) is 19.5 Å². The summed E-state index contributed by atoms with van der Waals surface area (Å²) in [5, 5.41) is 0.140. The second-order valence-corrected chi connectivity index (χ2v) is 8.08. The zero-order valence-electron chi connectivity index (χ0n) is 20.0. The van der Waals surface area contributed by atoms with Crippen molar-refractivity contribution in [3.05, 3.63) is 57.0 Å². The Morgan fingerprint density at radius 1 is 1.03 bits per heavy atom. The molecule has 190 valence electrons. The van der Waals surface area contributed by atoms with Gasteiger partial charge < -0.3 is 23.8 Å². The van der Waals surface area contributed by atoms with Crippen molar-refractivity contribution >= 4 is 28.7 Å². The van der Waals surface area contributed by atoms with Gasteiger partial charge >= 0.3 is 5.69 Å². The Bertz CT molecular complexity index is 1510. The number of anilines is 1. The van der Waals surface area contributed by atoms with E-state index in [0.717, 1.165) is 6.07 Å². The highest BCUT2D eigenvalue weighted by Gasteiger charge is 2.22. The van der Waals surface area contributed by atoms with Crippen molar-refractivity contribution in [2.24, 2.45) is 0 Å². The summed E-state index contributed by atoms with van der Waals surface area (Å²) in [6.45, 7) is -0.395. The van der Waals surface area contributed by atoms with E-state index in [1.54, 1.807) is 19.0 Å². The van der Waals surface area contributed by atoms with Gasteiger partial charge in [0, 0.05) is 26.2 Å². The fraction of sp³-hybridized carbons (Fsp3) is 0.261. The number of nitrogens with zero attached hydrogens (tertiary/aromatic N) is 4.